The molecular formula is C16H19F4N5O2. The summed E-state index contributed by atoms with van der Waals surface area (Å²) in [7, 11) is 0. The quantitative estimate of drug-likeness (QED) is 0.739. The molecule has 27 heavy (non-hydrogen) atoms. The van der Waals surface area contributed by atoms with Crippen LogP contribution >= 0.6 is 0 Å². The highest BCUT2D eigenvalue weighted by Crippen LogP contribution is 2.26. The first kappa shape index (κ1) is 19.3. The zero-order valence-electron chi connectivity index (χ0n) is 14.3. The number of aliphatic hydroxyl groups is 1. The van der Waals surface area contributed by atoms with E-state index in [0.717, 1.165) is 29.9 Å². The number of anilines is 2. The van der Waals surface area contributed by atoms with Crippen molar-refractivity contribution in [3.8, 4) is 5.88 Å². The molecule has 0 amide bonds. The fourth-order valence-electron chi connectivity index (χ4n) is 2.85. The fourth-order valence-corrected chi connectivity index (χ4v) is 2.85. The zero-order chi connectivity index (χ0) is 19.4. The van der Waals surface area contributed by atoms with E-state index in [9.17, 15) is 22.7 Å². The molecule has 2 aromatic rings. The minimum Gasteiger partial charge on any atom is -0.475 e. The van der Waals surface area contributed by atoms with Gasteiger partial charge in [-0.05, 0) is 31.6 Å². The Morgan fingerprint density at radius 1 is 1.22 bits per heavy atom. The number of aromatic nitrogens is 4. The summed E-state index contributed by atoms with van der Waals surface area (Å²) in [5.41, 5.74) is 0.234. The van der Waals surface area contributed by atoms with Crippen LogP contribution in [-0.4, -0.2) is 43.7 Å². The van der Waals surface area contributed by atoms with Crippen LogP contribution in [0.5, 0.6) is 5.88 Å². The van der Waals surface area contributed by atoms with Crippen LogP contribution in [0, 0.1) is 11.7 Å². The second-order valence-corrected chi connectivity index (χ2v) is 6.50. The highest BCUT2D eigenvalue weighted by atomic mass is 19.4. The van der Waals surface area contributed by atoms with E-state index < -0.39 is 18.5 Å². The van der Waals surface area contributed by atoms with Gasteiger partial charge in [0, 0.05) is 6.20 Å². The lowest BCUT2D eigenvalue weighted by Gasteiger charge is -2.25. The minimum atomic E-state index is -4.38. The molecule has 0 radical (unpaired) electrons. The van der Waals surface area contributed by atoms with Crippen LogP contribution in [0.1, 0.15) is 25.7 Å². The van der Waals surface area contributed by atoms with E-state index in [1.54, 1.807) is 0 Å². The maximum absolute atomic E-state index is 13.9. The van der Waals surface area contributed by atoms with Gasteiger partial charge in [-0.15, -0.1) is 0 Å². The Bertz CT molecular complexity index is 760. The molecule has 0 aliphatic heterocycles. The van der Waals surface area contributed by atoms with Crippen LogP contribution in [0.15, 0.2) is 18.6 Å². The summed E-state index contributed by atoms with van der Waals surface area (Å²) in [4.78, 5) is 7.68. The third-order valence-corrected chi connectivity index (χ3v) is 4.21. The van der Waals surface area contributed by atoms with Crippen molar-refractivity contribution in [2.75, 3.05) is 11.9 Å². The van der Waals surface area contributed by atoms with Gasteiger partial charge in [0.1, 0.15) is 6.54 Å². The Labute approximate surface area is 152 Å². The largest absolute Gasteiger partial charge is 0.475 e. The first-order valence-corrected chi connectivity index (χ1v) is 8.48. The highest BCUT2D eigenvalue weighted by Gasteiger charge is 2.28. The minimum absolute atomic E-state index is 0.0166. The van der Waals surface area contributed by atoms with E-state index in [-0.39, 0.29) is 36.1 Å². The number of aliphatic hydroxyl groups excluding tert-OH is 1. The molecule has 0 unspecified atom stereocenters. The molecule has 2 N–H and O–H groups in total. The molecule has 1 aliphatic rings. The smallest absolute Gasteiger partial charge is 0.408 e. The Morgan fingerprint density at radius 2 is 1.96 bits per heavy atom. The van der Waals surface area contributed by atoms with Gasteiger partial charge in [-0.1, -0.05) is 0 Å². The number of hydrogen-bond donors (Lipinski definition) is 2. The van der Waals surface area contributed by atoms with Gasteiger partial charge < -0.3 is 15.2 Å². The summed E-state index contributed by atoms with van der Waals surface area (Å²) in [6.45, 7) is -0.951. The highest BCUT2D eigenvalue weighted by molar-refractivity contribution is 5.50. The van der Waals surface area contributed by atoms with E-state index >= 15 is 0 Å². The lowest BCUT2D eigenvalue weighted by atomic mass is 9.88. The molecule has 1 saturated carbocycles. The second-order valence-electron chi connectivity index (χ2n) is 6.50. The molecular weight excluding hydrogens is 370 g/mol. The Hall–Kier alpha value is -2.43. The predicted octanol–water partition coefficient (Wildman–Crippen LogP) is 3.05. The molecule has 1 aliphatic carbocycles. The second kappa shape index (κ2) is 8.07. The molecule has 1 fully saturated rings. The van der Waals surface area contributed by atoms with Crippen molar-refractivity contribution >= 4 is 11.6 Å². The van der Waals surface area contributed by atoms with Crippen molar-refractivity contribution in [3.63, 3.8) is 0 Å². The Kier molecular flexibility index (Phi) is 5.78. The average molecular weight is 389 g/mol. The molecule has 0 atom stereocenters. The topological polar surface area (TPSA) is 85.1 Å². The molecule has 0 aromatic carbocycles. The zero-order valence-corrected chi connectivity index (χ0v) is 14.3. The molecule has 7 nitrogen and oxygen atoms in total. The number of hydrogen-bond acceptors (Lipinski definition) is 6. The van der Waals surface area contributed by atoms with Crippen molar-refractivity contribution in [1.29, 1.82) is 0 Å². The number of nitrogens with one attached hydrogen (secondary N) is 1. The van der Waals surface area contributed by atoms with Crippen LogP contribution in [-0.2, 0) is 6.54 Å². The first-order valence-electron chi connectivity index (χ1n) is 8.48. The van der Waals surface area contributed by atoms with Crippen molar-refractivity contribution in [3.05, 3.63) is 24.4 Å². The van der Waals surface area contributed by atoms with E-state index in [2.05, 4.69) is 20.4 Å². The SMILES string of the molecule is O[C@H]1CC[C@H](COc2nc(Nc3cnn(CC(F)(F)F)c3)ncc2F)CC1. The van der Waals surface area contributed by atoms with Crippen LogP contribution in [0.25, 0.3) is 0 Å². The third kappa shape index (κ3) is 5.78. The normalized spacial score (nSPS) is 20.5. The molecule has 0 saturated heterocycles. The van der Waals surface area contributed by atoms with Gasteiger partial charge >= 0.3 is 6.18 Å². The van der Waals surface area contributed by atoms with Gasteiger partial charge in [0.25, 0.3) is 5.88 Å². The van der Waals surface area contributed by atoms with Crippen molar-refractivity contribution in [2.24, 2.45) is 5.92 Å². The number of ether oxygens (including phenoxy) is 1. The monoisotopic (exact) mass is 389 g/mol. The average Bonchev–Trinajstić information content (AvgIpc) is 3.01. The van der Waals surface area contributed by atoms with Gasteiger partial charge in [-0.2, -0.15) is 27.6 Å². The van der Waals surface area contributed by atoms with Gasteiger partial charge in [-0.25, -0.2) is 4.98 Å². The van der Waals surface area contributed by atoms with Crippen LogP contribution in [0.4, 0.5) is 29.2 Å². The number of nitrogens with zero attached hydrogens (tertiary/aromatic N) is 4. The number of rotatable bonds is 6. The summed E-state index contributed by atoms with van der Waals surface area (Å²) >= 11 is 0. The lowest BCUT2D eigenvalue weighted by molar-refractivity contribution is -0.142. The maximum Gasteiger partial charge on any atom is 0.408 e. The van der Waals surface area contributed by atoms with Crippen molar-refractivity contribution < 1.29 is 27.4 Å². The van der Waals surface area contributed by atoms with E-state index in [0.29, 0.717) is 12.8 Å². The maximum atomic E-state index is 13.9. The molecule has 0 bridgehead atoms. The summed E-state index contributed by atoms with van der Waals surface area (Å²) in [5, 5.41) is 15.8. The summed E-state index contributed by atoms with van der Waals surface area (Å²) in [6.07, 6.45) is 1.55. The molecule has 2 aromatic heterocycles. The number of alkyl halides is 3. The van der Waals surface area contributed by atoms with Gasteiger partial charge in [0.2, 0.25) is 11.8 Å². The predicted molar refractivity (Wildman–Crippen MR) is 87.0 cm³/mol. The fraction of sp³-hybridized carbons (Fsp3) is 0.562. The van der Waals surface area contributed by atoms with Gasteiger partial charge in [0.15, 0.2) is 0 Å². The van der Waals surface area contributed by atoms with Crippen LogP contribution in [0.2, 0.25) is 0 Å². The van der Waals surface area contributed by atoms with E-state index in [4.69, 9.17) is 4.74 Å². The number of halogens is 4. The Balaban J connectivity index is 1.59. The Morgan fingerprint density at radius 3 is 2.67 bits per heavy atom. The van der Waals surface area contributed by atoms with Crippen molar-refractivity contribution in [1.82, 2.24) is 19.7 Å². The van der Waals surface area contributed by atoms with Gasteiger partial charge in [0.05, 0.1) is 30.8 Å². The molecule has 2 heterocycles. The standard InChI is InChI=1S/C16H19F4N5O2/c17-13-6-21-15(23-11-5-22-25(7-11)9-16(18,19)20)24-14(13)27-8-10-1-3-12(26)4-2-10/h5-7,10,12,26H,1-4,8-9H2,(H,21,23,24)/t10-,12-. The molecule has 3 rings (SSSR count). The molecule has 11 heteroatoms. The first-order chi connectivity index (χ1) is 12.8. The van der Waals surface area contributed by atoms with E-state index in [1.165, 1.54) is 6.20 Å². The van der Waals surface area contributed by atoms with Gasteiger partial charge in [-0.3, -0.25) is 4.68 Å². The third-order valence-electron chi connectivity index (χ3n) is 4.21. The van der Waals surface area contributed by atoms with Crippen molar-refractivity contribution in [2.45, 2.75) is 44.5 Å². The molecule has 0 spiro atoms. The summed E-state index contributed by atoms with van der Waals surface area (Å²) in [5.74, 6) is -0.776. The van der Waals surface area contributed by atoms with E-state index in [1.807, 2.05) is 0 Å². The lowest BCUT2D eigenvalue weighted by Crippen LogP contribution is -2.23. The molecule has 148 valence electrons. The van der Waals surface area contributed by atoms with Crippen LogP contribution < -0.4 is 10.1 Å². The summed E-state index contributed by atoms with van der Waals surface area (Å²) in [6, 6.07) is 0. The van der Waals surface area contributed by atoms with Crippen LogP contribution in [0.3, 0.4) is 0 Å². The summed E-state index contributed by atoms with van der Waals surface area (Å²) < 4.78 is 57.1.